The molecular weight excluding hydrogens is 306 g/mol. The summed E-state index contributed by atoms with van der Waals surface area (Å²) in [5.41, 5.74) is 0. The first kappa shape index (κ1) is 15.6. The van der Waals surface area contributed by atoms with Gasteiger partial charge in [0.2, 0.25) is 0 Å². The van der Waals surface area contributed by atoms with Gasteiger partial charge in [-0.25, -0.2) is 0 Å². The average Bonchev–Trinajstić information content (AvgIpc) is 2.38. The molecule has 0 aliphatic carbocycles. The molecule has 0 saturated heterocycles. The van der Waals surface area contributed by atoms with Crippen molar-refractivity contribution in [3.63, 3.8) is 0 Å². The molecule has 3 heteroatoms. The van der Waals surface area contributed by atoms with Crippen LogP contribution in [0.5, 0.6) is 0 Å². The van der Waals surface area contributed by atoms with Crippen LogP contribution in [0.1, 0.15) is 26.2 Å². The lowest BCUT2D eigenvalue weighted by Crippen LogP contribution is -2.31. The van der Waals surface area contributed by atoms with Gasteiger partial charge in [0.05, 0.1) is 0 Å². The van der Waals surface area contributed by atoms with E-state index in [0.29, 0.717) is 6.04 Å². The van der Waals surface area contributed by atoms with E-state index >= 15 is 0 Å². The number of hydrogen-bond acceptors (Lipinski definition) is 2. The van der Waals surface area contributed by atoms with Crippen LogP contribution in [0, 0.1) is 12.3 Å². The molecule has 1 unspecified atom stereocenters. The fourth-order valence-electron chi connectivity index (χ4n) is 1.74. The molecule has 0 amide bonds. The molecule has 1 aromatic carbocycles. The Kier molecular flexibility index (Phi) is 8.24. The summed E-state index contributed by atoms with van der Waals surface area (Å²) in [5, 5.41) is 3.53. The van der Waals surface area contributed by atoms with Crippen LogP contribution in [0.15, 0.2) is 33.6 Å². The Labute approximate surface area is 123 Å². The number of terminal acetylenes is 1. The molecular formula is C15H20BrNS. The molecule has 1 rings (SSSR count). The Morgan fingerprint density at radius 1 is 1.44 bits per heavy atom. The zero-order chi connectivity index (χ0) is 13.2. The predicted octanol–water partition coefficient (Wildman–Crippen LogP) is 4.32. The fourth-order valence-corrected chi connectivity index (χ4v) is 3.41. The van der Waals surface area contributed by atoms with Gasteiger partial charge in [0, 0.05) is 27.6 Å². The molecule has 0 bridgehead atoms. The van der Waals surface area contributed by atoms with Crippen LogP contribution in [-0.2, 0) is 0 Å². The van der Waals surface area contributed by atoms with Gasteiger partial charge in [-0.05, 0) is 47.4 Å². The highest BCUT2D eigenvalue weighted by molar-refractivity contribution is 9.10. The summed E-state index contributed by atoms with van der Waals surface area (Å²) in [6.45, 7) is 3.16. The van der Waals surface area contributed by atoms with Crippen molar-refractivity contribution in [2.75, 3.05) is 12.3 Å². The second kappa shape index (κ2) is 9.49. The first-order chi connectivity index (χ1) is 8.77. The normalized spacial score (nSPS) is 12.1. The lowest BCUT2D eigenvalue weighted by molar-refractivity contribution is 0.523. The van der Waals surface area contributed by atoms with Crippen molar-refractivity contribution in [2.24, 2.45) is 0 Å². The summed E-state index contributed by atoms with van der Waals surface area (Å²) in [7, 11) is 0. The van der Waals surface area contributed by atoms with Crippen LogP contribution < -0.4 is 5.32 Å². The van der Waals surface area contributed by atoms with Gasteiger partial charge >= 0.3 is 0 Å². The third kappa shape index (κ3) is 5.95. The Bertz CT molecular complexity index is 386. The zero-order valence-corrected chi connectivity index (χ0v) is 13.2. The summed E-state index contributed by atoms with van der Waals surface area (Å²) in [6.07, 6.45) is 8.42. The molecule has 0 aliphatic rings. The van der Waals surface area contributed by atoms with Gasteiger partial charge in [-0.15, -0.1) is 24.1 Å². The van der Waals surface area contributed by atoms with Crippen molar-refractivity contribution in [1.29, 1.82) is 0 Å². The largest absolute Gasteiger partial charge is 0.313 e. The Morgan fingerprint density at radius 2 is 2.22 bits per heavy atom. The minimum atomic E-state index is 0.542. The highest BCUT2D eigenvalue weighted by Gasteiger charge is 2.08. The van der Waals surface area contributed by atoms with Gasteiger partial charge in [-0.3, -0.25) is 0 Å². The number of halogens is 1. The molecule has 0 radical (unpaired) electrons. The first-order valence-corrected chi connectivity index (χ1v) is 8.10. The summed E-state index contributed by atoms with van der Waals surface area (Å²) in [4.78, 5) is 1.30. The molecule has 1 aromatic rings. The van der Waals surface area contributed by atoms with Crippen molar-refractivity contribution in [3.8, 4) is 12.3 Å². The molecule has 1 N–H and O–H groups in total. The van der Waals surface area contributed by atoms with Crippen LogP contribution in [0.25, 0.3) is 0 Å². The van der Waals surface area contributed by atoms with E-state index in [0.717, 1.165) is 31.6 Å². The maximum atomic E-state index is 5.29. The van der Waals surface area contributed by atoms with Crippen LogP contribution in [-0.4, -0.2) is 18.3 Å². The minimum Gasteiger partial charge on any atom is -0.313 e. The van der Waals surface area contributed by atoms with Gasteiger partial charge in [0.25, 0.3) is 0 Å². The predicted molar refractivity (Wildman–Crippen MR) is 85.0 cm³/mol. The number of rotatable bonds is 8. The van der Waals surface area contributed by atoms with E-state index in [2.05, 4.69) is 52.3 Å². The third-order valence-corrected chi connectivity index (χ3v) is 4.83. The second-order valence-corrected chi connectivity index (χ2v) is 6.01. The van der Waals surface area contributed by atoms with Gasteiger partial charge in [0.1, 0.15) is 0 Å². The summed E-state index contributed by atoms with van der Waals surface area (Å²) >= 11 is 5.47. The minimum absolute atomic E-state index is 0.542. The number of unbranched alkanes of at least 4 members (excludes halogenated alkanes) is 1. The lowest BCUT2D eigenvalue weighted by atomic mass is 10.1. The van der Waals surface area contributed by atoms with Crippen molar-refractivity contribution in [1.82, 2.24) is 5.32 Å². The van der Waals surface area contributed by atoms with Gasteiger partial charge in [0.15, 0.2) is 0 Å². The molecule has 0 aromatic heterocycles. The van der Waals surface area contributed by atoms with Crippen LogP contribution >= 0.6 is 27.7 Å². The number of hydrogen-bond donors (Lipinski definition) is 1. The summed E-state index contributed by atoms with van der Waals surface area (Å²) in [5.74, 6) is 3.79. The Morgan fingerprint density at radius 3 is 2.89 bits per heavy atom. The smallest absolute Gasteiger partial charge is 0.0311 e. The number of thioether (sulfide) groups is 1. The van der Waals surface area contributed by atoms with Crippen molar-refractivity contribution < 1.29 is 0 Å². The zero-order valence-electron chi connectivity index (χ0n) is 10.8. The van der Waals surface area contributed by atoms with Crippen molar-refractivity contribution >= 4 is 27.7 Å². The van der Waals surface area contributed by atoms with Gasteiger partial charge < -0.3 is 5.32 Å². The number of benzene rings is 1. The first-order valence-electron chi connectivity index (χ1n) is 6.32. The Hall–Kier alpha value is -0.430. The molecule has 0 spiro atoms. The van der Waals surface area contributed by atoms with E-state index in [9.17, 15) is 0 Å². The van der Waals surface area contributed by atoms with Gasteiger partial charge in [-0.2, -0.15) is 0 Å². The molecule has 1 atom stereocenters. The lowest BCUT2D eigenvalue weighted by Gasteiger charge is -2.17. The monoisotopic (exact) mass is 325 g/mol. The molecule has 18 heavy (non-hydrogen) atoms. The molecule has 0 fully saturated rings. The topological polar surface area (TPSA) is 12.0 Å². The van der Waals surface area contributed by atoms with Crippen LogP contribution in [0.2, 0.25) is 0 Å². The highest BCUT2D eigenvalue weighted by atomic mass is 79.9. The van der Waals surface area contributed by atoms with E-state index in [4.69, 9.17) is 6.42 Å². The van der Waals surface area contributed by atoms with Crippen molar-refractivity contribution in [3.05, 3.63) is 28.7 Å². The van der Waals surface area contributed by atoms with Crippen LogP contribution in [0.4, 0.5) is 0 Å². The SMILES string of the molecule is C#CCCCC(CSc1ccccc1Br)NCC. The number of nitrogens with one attached hydrogen (secondary N) is 1. The van der Waals surface area contributed by atoms with E-state index in [1.54, 1.807) is 0 Å². The van der Waals surface area contributed by atoms with E-state index in [1.165, 1.54) is 9.37 Å². The average molecular weight is 326 g/mol. The van der Waals surface area contributed by atoms with E-state index in [-0.39, 0.29) is 0 Å². The Balaban J connectivity index is 2.41. The van der Waals surface area contributed by atoms with E-state index < -0.39 is 0 Å². The molecule has 0 heterocycles. The highest BCUT2D eigenvalue weighted by Crippen LogP contribution is 2.27. The van der Waals surface area contributed by atoms with E-state index in [1.807, 2.05) is 17.8 Å². The maximum Gasteiger partial charge on any atom is 0.0311 e. The molecule has 98 valence electrons. The van der Waals surface area contributed by atoms with Crippen LogP contribution in [0.3, 0.4) is 0 Å². The fraction of sp³-hybridized carbons (Fsp3) is 0.467. The summed E-state index contributed by atoms with van der Waals surface area (Å²) < 4.78 is 1.17. The second-order valence-electron chi connectivity index (χ2n) is 4.09. The standard InChI is InChI=1S/C15H20BrNS/c1-3-5-6-9-13(17-4-2)12-18-15-11-8-7-10-14(15)16/h1,7-8,10-11,13,17H,4-6,9,12H2,2H3. The van der Waals surface area contributed by atoms with Crippen molar-refractivity contribution in [2.45, 2.75) is 37.1 Å². The molecule has 1 nitrogen and oxygen atoms in total. The third-order valence-electron chi connectivity index (χ3n) is 2.64. The maximum absolute atomic E-state index is 5.29. The quantitative estimate of drug-likeness (QED) is 0.434. The summed E-state index contributed by atoms with van der Waals surface area (Å²) in [6, 6.07) is 8.90. The molecule has 0 saturated carbocycles. The van der Waals surface area contributed by atoms with Gasteiger partial charge in [-0.1, -0.05) is 19.1 Å². The molecule has 0 aliphatic heterocycles.